The molecule has 3 heterocycles. The van der Waals surface area contributed by atoms with Crippen LogP contribution >= 0.6 is 11.3 Å². The fourth-order valence-electron chi connectivity index (χ4n) is 2.15. The van der Waals surface area contributed by atoms with E-state index < -0.39 is 0 Å². The molecule has 108 valence electrons. The van der Waals surface area contributed by atoms with Crippen molar-refractivity contribution in [1.29, 1.82) is 0 Å². The maximum absolute atomic E-state index is 12.0. The van der Waals surface area contributed by atoms with Gasteiger partial charge >= 0.3 is 0 Å². The molecule has 0 atom stereocenters. The first-order valence-electron chi connectivity index (χ1n) is 6.66. The summed E-state index contributed by atoms with van der Waals surface area (Å²) in [5, 5.41) is 10.6. The van der Waals surface area contributed by atoms with E-state index >= 15 is 0 Å². The number of nitrogens with one attached hydrogen (secondary N) is 1. The standard InChI is InChI=1S/C14H15N5OS/c1-4-19-11(9(3)17-18-19)7-8(2)12-15-13(20)10-5-6-21-14(10)16-12/h5-7H,4H2,1-3H3,(H,15,16,20)/b8-7+. The van der Waals surface area contributed by atoms with Gasteiger partial charge in [0.15, 0.2) is 0 Å². The first-order chi connectivity index (χ1) is 10.1. The largest absolute Gasteiger partial charge is 0.306 e. The van der Waals surface area contributed by atoms with Crippen molar-refractivity contribution in [3.63, 3.8) is 0 Å². The third-order valence-electron chi connectivity index (χ3n) is 3.31. The summed E-state index contributed by atoms with van der Waals surface area (Å²) in [5.41, 5.74) is 2.56. The predicted molar refractivity (Wildman–Crippen MR) is 84.2 cm³/mol. The van der Waals surface area contributed by atoms with Gasteiger partial charge in [0, 0.05) is 6.54 Å². The number of hydrogen-bond acceptors (Lipinski definition) is 5. The van der Waals surface area contributed by atoms with E-state index in [1.807, 2.05) is 36.9 Å². The molecule has 0 unspecified atom stereocenters. The predicted octanol–water partition coefficient (Wildman–Crippen LogP) is 2.46. The number of H-pyrrole nitrogens is 1. The average Bonchev–Trinajstić information content (AvgIpc) is 3.06. The lowest BCUT2D eigenvalue weighted by atomic mass is 10.2. The molecular formula is C14H15N5OS. The molecule has 0 amide bonds. The van der Waals surface area contributed by atoms with Gasteiger partial charge in [-0.25, -0.2) is 9.67 Å². The van der Waals surface area contributed by atoms with E-state index in [2.05, 4.69) is 20.3 Å². The third kappa shape index (κ3) is 2.40. The maximum Gasteiger partial charge on any atom is 0.259 e. The van der Waals surface area contributed by atoms with Crippen LogP contribution in [0.2, 0.25) is 0 Å². The van der Waals surface area contributed by atoms with Gasteiger partial charge in [0.05, 0.1) is 16.8 Å². The highest BCUT2D eigenvalue weighted by atomic mass is 32.1. The van der Waals surface area contributed by atoms with Crippen LogP contribution in [-0.4, -0.2) is 25.0 Å². The SMILES string of the molecule is CCn1nnc(C)c1/C=C(\C)c1nc2sccc2c(=O)[nH]1. The Labute approximate surface area is 125 Å². The summed E-state index contributed by atoms with van der Waals surface area (Å²) in [4.78, 5) is 20.1. The zero-order chi connectivity index (χ0) is 15.0. The van der Waals surface area contributed by atoms with Crippen LogP contribution in [0.4, 0.5) is 0 Å². The fraction of sp³-hybridized carbons (Fsp3) is 0.286. The molecule has 1 N–H and O–H groups in total. The molecule has 0 saturated carbocycles. The molecule has 3 rings (SSSR count). The fourth-order valence-corrected chi connectivity index (χ4v) is 2.91. The molecule has 7 heteroatoms. The molecule has 0 bridgehead atoms. The summed E-state index contributed by atoms with van der Waals surface area (Å²) < 4.78 is 1.82. The Kier molecular flexibility index (Phi) is 3.42. The van der Waals surface area contributed by atoms with Crippen molar-refractivity contribution in [3.8, 4) is 0 Å². The second-order valence-electron chi connectivity index (χ2n) is 4.76. The number of allylic oxidation sites excluding steroid dienone is 1. The number of nitrogens with zero attached hydrogens (tertiary/aromatic N) is 4. The monoisotopic (exact) mass is 301 g/mol. The first-order valence-corrected chi connectivity index (χ1v) is 7.54. The minimum atomic E-state index is -0.108. The van der Waals surface area contributed by atoms with Gasteiger partial charge in [-0.05, 0) is 43.9 Å². The van der Waals surface area contributed by atoms with Gasteiger partial charge in [0.25, 0.3) is 5.56 Å². The van der Waals surface area contributed by atoms with Gasteiger partial charge < -0.3 is 4.98 Å². The van der Waals surface area contributed by atoms with Crippen LogP contribution in [0.25, 0.3) is 21.9 Å². The quantitative estimate of drug-likeness (QED) is 0.806. The van der Waals surface area contributed by atoms with Gasteiger partial charge in [0.2, 0.25) is 0 Å². The molecule has 21 heavy (non-hydrogen) atoms. The summed E-state index contributed by atoms with van der Waals surface area (Å²) in [6.45, 7) is 6.59. The number of thiophene rings is 1. The molecule has 3 aromatic rings. The van der Waals surface area contributed by atoms with Crippen LogP contribution in [0.5, 0.6) is 0 Å². The average molecular weight is 301 g/mol. The number of aromatic amines is 1. The Morgan fingerprint density at radius 1 is 1.52 bits per heavy atom. The van der Waals surface area contributed by atoms with Gasteiger partial charge in [0.1, 0.15) is 10.7 Å². The lowest BCUT2D eigenvalue weighted by Crippen LogP contribution is -2.09. The van der Waals surface area contributed by atoms with Crippen molar-refractivity contribution in [2.24, 2.45) is 0 Å². The zero-order valence-corrected chi connectivity index (χ0v) is 12.9. The molecule has 0 aliphatic carbocycles. The molecule has 3 aromatic heterocycles. The lowest BCUT2D eigenvalue weighted by Gasteiger charge is -2.03. The number of fused-ring (bicyclic) bond motifs is 1. The van der Waals surface area contributed by atoms with Crippen LogP contribution < -0.4 is 5.56 Å². The van der Waals surface area contributed by atoms with Gasteiger partial charge in [-0.3, -0.25) is 4.79 Å². The second kappa shape index (κ2) is 5.25. The summed E-state index contributed by atoms with van der Waals surface area (Å²) >= 11 is 1.46. The number of aryl methyl sites for hydroxylation is 2. The molecule has 0 radical (unpaired) electrons. The number of hydrogen-bond donors (Lipinski definition) is 1. The Morgan fingerprint density at radius 3 is 3.10 bits per heavy atom. The Morgan fingerprint density at radius 2 is 2.33 bits per heavy atom. The Bertz CT molecular complexity index is 886. The highest BCUT2D eigenvalue weighted by Gasteiger charge is 2.09. The van der Waals surface area contributed by atoms with Crippen molar-refractivity contribution >= 4 is 33.2 Å². The first kappa shape index (κ1) is 13.7. The molecule has 0 aliphatic rings. The van der Waals surface area contributed by atoms with Crippen molar-refractivity contribution in [2.45, 2.75) is 27.3 Å². The number of aromatic nitrogens is 5. The van der Waals surface area contributed by atoms with E-state index in [1.165, 1.54) is 11.3 Å². The van der Waals surface area contributed by atoms with Gasteiger partial charge in [-0.1, -0.05) is 5.21 Å². The van der Waals surface area contributed by atoms with E-state index in [0.717, 1.165) is 28.3 Å². The van der Waals surface area contributed by atoms with E-state index in [0.29, 0.717) is 11.2 Å². The minimum absolute atomic E-state index is 0.108. The highest BCUT2D eigenvalue weighted by molar-refractivity contribution is 7.16. The summed E-state index contributed by atoms with van der Waals surface area (Å²) in [6.07, 6.45) is 1.95. The molecule has 0 fully saturated rings. The van der Waals surface area contributed by atoms with E-state index in [1.54, 1.807) is 6.07 Å². The molecular weight excluding hydrogens is 286 g/mol. The summed E-state index contributed by atoms with van der Waals surface area (Å²) in [7, 11) is 0. The number of rotatable bonds is 3. The Hall–Kier alpha value is -2.28. The van der Waals surface area contributed by atoms with E-state index in [-0.39, 0.29) is 5.56 Å². The van der Waals surface area contributed by atoms with Gasteiger partial charge in [-0.15, -0.1) is 16.4 Å². The van der Waals surface area contributed by atoms with Crippen LogP contribution in [0, 0.1) is 6.92 Å². The zero-order valence-electron chi connectivity index (χ0n) is 12.0. The van der Waals surface area contributed by atoms with Crippen LogP contribution in [0.1, 0.15) is 31.1 Å². The van der Waals surface area contributed by atoms with E-state index in [4.69, 9.17) is 0 Å². The minimum Gasteiger partial charge on any atom is -0.306 e. The van der Waals surface area contributed by atoms with Crippen molar-refractivity contribution in [2.75, 3.05) is 0 Å². The van der Waals surface area contributed by atoms with Crippen LogP contribution in [0.15, 0.2) is 16.2 Å². The van der Waals surface area contributed by atoms with Crippen molar-refractivity contribution in [3.05, 3.63) is 39.0 Å². The van der Waals surface area contributed by atoms with Crippen molar-refractivity contribution < 1.29 is 0 Å². The maximum atomic E-state index is 12.0. The van der Waals surface area contributed by atoms with Crippen molar-refractivity contribution in [1.82, 2.24) is 25.0 Å². The topological polar surface area (TPSA) is 76.5 Å². The molecule has 6 nitrogen and oxygen atoms in total. The highest BCUT2D eigenvalue weighted by Crippen LogP contribution is 2.19. The van der Waals surface area contributed by atoms with Crippen LogP contribution in [-0.2, 0) is 6.54 Å². The molecule has 0 spiro atoms. The smallest absolute Gasteiger partial charge is 0.259 e. The second-order valence-corrected chi connectivity index (χ2v) is 5.65. The summed E-state index contributed by atoms with van der Waals surface area (Å²) in [6, 6.07) is 1.79. The summed E-state index contributed by atoms with van der Waals surface area (Å²) in [5.74, 6) is 0.582. The molecule has 0 aliphatic heterocycles. The lowest BCUT2D eigenvalue weighted by molar-refractivity contribution is 0.622. The molecule has 0 aromatic carbocycles. The Balaban J connectivity index is 2.11. The third-order valence-corrected chi connectivity index (χ3v) is 4.12. The molecule has 0 saturated heterocycles. The normalized spacial score (nSPS) is 12.2. The van der Waals surface area contributed by atoms with Gasteiger partial charge in [-0.2, -0.15) is 0 Å². The van der Waals surface area contributed by atoms with Crippen LogP contribution in [0.3, 0.4) is 0 Å². The van der Waals surface area contributed by atoms with E-state index in [9.17, 15) is 4.79 Å².